The largest absolute Gasteiger partial charge is 0.232 e. The van der Waals surface area contributed by atoms with E-state index in [9.17, 15) is 4.39 Å². The predicted octanol–water partition coefficient (Wildman–Crippen LogP) is 1.41. The van der Waals surface area contributed by atoms with E-state index in [-0.39, 0.29) is 5.82 Å². The van der Waals surface area contributed by atoms with Gasteiger partial charge in [0.25, 0.3) is 0 Å². The highest BCUT2D eigenvalue weighted by Gasteiger charge is 2.14. The summed E-state index contributed by atoms with van der Waals surface area (Å²) in [6.07, 6.45) is 5.22. The molecule has 2 heterocycles. The van der Waals surface area contributed by atoms with E-state index < -0.39 is 0 Å². The Labute approximate surface area is 87.4 Å². The molecule has 0 fully saturated rings. The maximum absolute atomic E-state index is 13.4. The van der Waals surface area contributed by atoms with Gasteiger partial charge >= 0.3 is 0 Å². The smallest absolute Gasteiger partial charge is 0.223 e. The molecule has 76 valence electrons. The minimum Gasteiger partial charge on any atom is -0.232 e. The fourth-order valence-electron chi connectivity index (χ4n) is 1.31. The van der Waals surface area contributed by atoms with Crippen molar-refractivity contribution in [3.8, 4) is 0 Å². The van der Waals surface area contributed by atoms with Gasteiger partial charge in [-0.3, -0.25) is 0 Å². The number of anilines is 1. The molecule has 2 rings (SSSR count). The number of hydrogen-bond donors (Lipinski definition) is 0. The highest BCUT2D eigenvalue weighted by atomic mass is 19.1. The summed E-state index contributed by atoms with van der Waals surface area (Å²) >= 11 is 0. The second-order valence-electron chi connectivity index (χ2n) is 3.09. The molecule has 0 unspecified atom stereocenters. The zero-order valence-corrected chi connectivity index (χ0v) is 8.34. The van der Waals surface area contributed by atoms with Crippen molar-refractivity contribution < 1.29 is 9.07 Å². The van der Waals surface area contributed by atoms with E-state index in [1.54, 1.807) is 29.0 Å². The summed E-state index contributed by atoms with van der Waals surface area (Å²) in [5, 5.41) is 1.63. The molecule has 0 atom stereocenters. The quantitative estimate of drug-likeness (QED) is 0.689. The van der Waals surface area contributed by atoms with Gasteiger partial charge < -0.3 is 0 Å². The number of nitrogens with zero attached hydrogens (tertiary/aromatic N) is 3. The molecular formula is C11H11FN3+. The van der Waals surface area contributed by atoms with Crippen LogP contribution < -0.4 is 9.69 Å². The van der Waals surface area contributed by atoms with Gasteiger partial charge in [-0.05, 0) is 12.1 Å². The molecule has 2 aromatic heterocycles. The third-order valence-corrected chi connectivity index (χ3v) is 2.09. The van der Waals surface area contributed by atoms with E-state index in [1.165, 1.54) is 6.07 Å². The lowest BCUT2D eigenvalue weighted by Crippen LogP contribution is -2.52. The Bertz CT molecular complexity index is 445. The van der Waals surface area contributed by atoms with Crippen molar-refractivity contribution in [2.45, 2.75) is 0 Å². The Hall–Kier alpha value is -1.97. The van der Waals surface area contributed by atoms with Gasteiger partial charge in [0.1, 0.15) is 0 Å². The van der Waals surface area contributed by atoms with E-state index in [0.29, 0.717) is 5.82 Å². The van der Waals surface area contributed by atoms with Crippen LogP contribution in [0.3, 0.4) is 0 Å². The average Bonchev–Trinajstić information content (AvgIpc) is 2.30. The van der Waals surface area contributed by atoms with Gasteiger partial charge in [-0.2, -0.15) is 0 Å². The standard InChI is InChI=1S/C11H11FN3/c1-14(15-8-3-2-4-9-15)11-10(12)6-5-7-13-11/h2-9H,1H3/q+1. The molecule has 0 aliphatic rings. The van der Waals surface area contributed by atoms with Crippen molar-refractivity contribution in [3.05, 3.63) is 54.7 Å². The van der Waals surface area contributed by atoms with Gasteiger partial charge in [-0.1, -0.05) is 10.7 Å². The van der Waals surface area contributed by atoms with Crippen LogP contribution in [0.2, 0.25) is 0 Å². The van der Waals surface area contributed by atoms with Crippen molar-refractivity contribution in [2.75, 3.05) is 12.1 Å². The molecule has 0 saturated carbocycles. The lowest BCUT2D eigenvalue weighted by Gasteiger charge is -2.10. The van der Waals surface area contributed by atoms with Crippen LogP contribution in [0, 0.1) is 5.82 Å². The van der Waals surface area contributed by atoms with Crippen LogP contribution in [0.1, 0.15) is 0 Å². The Kier molecular flexibility index (Phi) is 2.58. The fraction of sp³-hybridized carbons (Fsp3) is 0.0909. The van der Waals surface area contributed by atoms with Crippen LogP contribution in [0.4, 0.5) is 10.2 Å². The highest BCUT2D eigenvalue weighted by Crippen LogP contribution is 2.10. The topological polar surface area (TPSA) is 20.0 Å². The van der Waals surface area contributed by atoms with Crippen LogP contribution >= 0.6 is 0 Å². The lowest BCUT2D eigenvalue weighted by molar-refractivity contribution is -0.681. The maximum Gasteiger partial charge on any atom is 0.223 e. The lowest BCUT2D eigenvalue weighted by atomic mass is 10.4. The van der Waals surface area contributed by atoms with Crippen molar-refractivity contribution in [2.24, 2.45) is 0 Å². The molecule has 0 bridgehead atoms. The summed E-state index contributed by atoms with van der Waals surface area (Å²) in [7, 11) is 1.76. The van der Waals surface area contributed by atoms with E-state index in [4.69, 9.17) is 0 Å². The number of aromatic nitrogens is 2. The summed E-state index contributed by atoms with van der Waals surface area (Å²) in [6.45, 7) is 0. The summed E-state index contributed by atoms with van der Waals surface area (Å²) in [6, 6.07) is 8.61. The van der Waals surface area contributed by atoms with Crippen LogP contribution in [0.25, 0.3) is 0 Å². The minimum atomic E-state index is -0.337. The molecule has 0 aromatic carbocycles. The van der Waals surface area contributed by atoms with Crippen molar-refractivity contribution in [1.82, 2.24) is 4.98 Å². The monoisotopic (exact) mass is 204 g/mol. The van der Waals surface area contributed by atoms with Crippen molar-refractivity contribution in [1.29, 1.82) is 0 Å². The summed E-state index contributed by atoms with van der Waals surface area (Å²) in [5.41, 5.74) is 0. The first-order valence-electron chi connectivity index (χ1n) is 4.60. The van der Waals surface area contributed by atoms with Gasteiger partial charge in [-0.25, -0.2) is 9.37 Å². The Balaban J connectivity index is 2.37. The van der Waals surface area contributed by atoms with E-state index in [0.717, 1.165) is 0 Å². The third-order valence-electron chi connectivity index (χ3n) is 2.09. The zero-order chi connectivity index (χ0) is 10.7. The first-order chi connectivity index (χ1) is 7.29. The summed E-state index contributed by atoms with van der Waals surface area (Å²) in [5.74, 6) is -0.0370. The summed E-state index contributed by atoms with van der Waals surface area (Å²) < 4.78 is 15.2. The molecule has 0 aliphatic carbocycles. The molecule has 0 radical (unpaired) electrons. The van der Waals surface area contributed by atoms with Crippen LogP contribution in [0.15, 0.2) is 48.9 Å². The number of rotatable bonds is 2. The van der Waals surface area contributed by atoms with Crippen molar-refractivity contribution in [3.63, 3.8) is 0 Å². The molecule has 0 saturated heterocycles. The second kappa shape index (κ2) is 4.04. The van der Waals surface area contributed by atoms with Gasteiger partial charge in [0, 0.05) is 18.3 Å². The molecule has 0 N–H and O–H groups in total. The van der Waals surface area contributed by atoms with Gasteiger partial charge in [0.2, 0.25) is 5.82 Å². The Morgan fingerprint density at radius 2 is 1.93 bits per heavy atom. The first-order valence-corrected chi connectivity index (χ1v) is 4.60. The van der Waals surface area contributed by atoms with Crippen LogP contribution in [-0.4, -0.2) is 12.0 Å². The van der Waals surface area contributed by atoms with Gasteiger partial charge in [-0.15, -0.1) is 5.01 Å². The van der Waals surface area contributed by atoms with Gasteiger partial charge in [0.15, 0.2) is 18.2 Å². The predicted molar refractivity (Wildman–Crippen MR) is 54.6 cm³/mol. The van der Waals surface area contributed by atoms with E-state index in [2.05, 4.69) is 4.98 Å². The minimum absolute atomic E-state index is 0.300. The SMILES string of the molecule is CN(c1ncccc1F)[n+]1ccccc1. The number of halogens is 1. The molecule has 2 aromatic rings. The molecule has 3 nitrogen and oxygen atoms in total. The normalized spacial score (nSPS) is 10.0. The van der Waals surface area contributed by atoms with Crippen LogP contribution in [0.5, 0.6) is 0 Å². The molecule has 0 aliphatic heterocycles. The van der Waals surface area contributed by atoms with Gasteiger partial charge in [0.05, 0.1) is 7.05 Å². The average molecular weight is 204 g/mol. The molecular weight excluding hydrogens is 193 g/mol. The summed E-state index contributed by atoms with van der Waals surface area (Å²) in [4.78, 5) is 3.98. The molecule has 0 spiro atoms. The molecule has 15 heavy (non-hydrogen) atoms. The van der Waals surface area contributed by atoms with Crippen LogP contribution in [-0.2, 0) is 0 Å². The second-order valence-corrected chi connectivity index (χ2v) is 3.09. The maximum atomic E-state index is 13.4. The zero-order valence-electron chi connectivity index (χ0n) is 8.34. The molecule has 4 heteroatoms. The first kappa shape index (κ1) is 9.58. The van der Waals surface area contributed by atoms with E-state index in [1.807, 2.05) is 30.6 Å². The Morgan fingerprint density at radius 3 is 2.60 bits per heavy atom. The highest BCUT2D eigenvalue weighted by molar-refractivity contribution is 5.34. The number of hydrogen-bond acceptors (Lipinski definition) is 2. The number of pyridine rings is 2. The fourth-order valence-corrected chi connectivity index (χ4v) is 1.31. The third kappa shape index (κ3) is 1.93. The van der Waals surface area contributed by atoms with Crippen molar-refractivity contribution >= 4 is 5.82 Å². The molecule has 0 amide bonds. The van der Waals surface area contributed by atoms with E-state index >= 15 is 0 Å². The Morgan fingerprint density at radius 1 is 1.20 bits per heavy atom.